The molecule has 0 bridgehead atoms. The molecule has 0 fully saturated rings. The van der Waals surface area contributed by atoms with Gasteiger partial charge in [0.25, 0.3) is 0 Å². The van der Waals surface area contributed by atoms with Crippen LogP contribution < -0.4 is 5.73 Å². The summed E-state index contributed by atoms with van der Waals surface area (Å²) in [5, 5.41) is 0.925. The van der Waals surface area contributed by atoms with E-state index in [4.69, 9.17) is 22.1 Å². The highest BCUT2D eigenvalue weighted by Gasteiger charge is 2.18. The van der Waals surface area contributed by atoms with E-state index in [-0.39, 0.29) is 11.3 Å². The minimum Gasteiger partial charge on any atom is -0.462 e. The first kappa shape index (κ1) is 13.8. The number of anilines is 1. The lowest BCUT2D eigenvalue weighted by molar-refractivity contribution is 0.0527. The fraction of sp³-hybridized carbons (Fsp3) is 0.300. The molecule has 1 aromatic rings. The molecule has 0 aliphatic carbocycles. The van der Waals surface area contributed by atoms with Crippen LogP contribution in [0.3, 0.4) is 0 Å². The Balaban J connectivity index is 3.28. The van der Waals surface area contributed by atoms with Crippen LogP contribution in [0, 0.1) is 0 Å². The zero-order valence-corrected chi connectivity index (χ0v) is 12.4. The summed E-state index contributed by atoms with van der Waals surface area (Å²) in [4.78, 5) is 11.6. The average Bonchev–Trinajstić information content (AvgIpc) is 2.24. The summed E-state index contributed by atoms with van der Waals surface area (Å²) in [6, 6.07) is 1.62. The van der Waals surface area contributed by atoms with E-state index in [0.29, 0.717) is 17.0 Å². The van der Waals surface area contributed by atoms with Gasteiger partial charge in [-0.1, -0.05) is 43.5 Å². The number of ether oxygens (including phenoxy) is 1. The Hall–Kier alpha value is -0.260. The Labute approximate surface area is 116 Å². The van der Waals surface area contributed by atoms with E-state index in [0.717, 1.165) is 10.0 Å². The summed E-state index contributed by atoms with van der Waals surface area (Å²) in [7, 11) is 0. The highest BCUT2D eigenvalue weighted by Crippen LogP contribution is 2.35. The molecule has 0 unspecified atom stereocenters. The van der Waals surface area contributed by atoms with Crippen LogP contribution in [0.25, 0.3) is 0 Å². The molecule has 16 heavy (non-hydrogen) atoms. The maximum atomic E-state index is 11.6. The van der Waals surface area contributed by atoms with Crippen molar-refractivity contribution in [2.45, 2.75) is 12.3 Å². The smallest absolute Gasteiger partial charge is 0.340 e. The number of carbonyl (C=O) groups excluding carboxylic acids is 1. The molecule has 0 aromatic heterocycles. The third-order valence-corrected chi connectivity index (χ3v) is 3.68. The zero-order chi connectivity index (χ0) is 12.3. The molecule has 0 spiro atoms. The summed E-state index contributed by atoms with van der Waals surface area (Å²) in [6.07, 6.45) is 0. The van der Waals surface area contributed by atoms with Gasteiger partial charge in [0.15, 0.2) is 0 Å². The largest absolute Gasteiger partial charge is 0.462 e. The molecular weight excluding hydrogens is 361 g/mol. The molecule has 1 rings (SSSR count). The first-order valence-corrected chi connectivity index (χ1v) is 6.81. The third-order valence-electron chi connectivity index (χ3n) is 1.98. The monoisotopic (exact) mass is 369 g/mol. The van der Waals surface area contributed by atoms with Gasteiger partial charge >= 0.3 is 5.97 Å². The molecule has 88 valence electrons. The van der Waals surface area contributed by atoms with Crippen molar-refractivity contribution in [3.63, 3.8) is 0 Å². The van der Waals surface area contributed by atoms with Crippen LogP contribution in [0.2, 0.25) is 5.02 Å². The quantitative estimate of drug-likeness (QED) is 0.500. The van der Waals surface area contributed by atoms with E-state index >= 15 is 0 Å². The lowest BCUT2D eigenvalue weighted by Crippen LogP contribution is -2.09. The van der Waals surface area contributed by atoms with Crippen molar-refractivity contribution < 1.29 is 9.53 Å². The fourth-order valence-electron chi connectivity index (χ4n) is 1.18. The zero-order valence-electron chi connectivity index (χ0n) is 8.52. The Morgan fingerprint density at radius 2 is 2.25 bits per heavy atom. The fourth-order valence-corrected chi connectivity index (χ4v) is 3.25. The molecule has 0 saturated carbocycles. The van der Waals surface area contributed by atoms with E-state index in [1.165, 1.54) is 0 Å². The van der Waals surface area contributed by atoms with E-state index < -0.39 is 5.97 Å². The van der Waals surface area contributed by atoms with Crippen molar-refractivity contribution in [3.05, 3.63) is 26.7 Å². The summed E-state index contributed by atoms with van der Waals surface area (Å²) >= 11 is 12.7. The van der Waals surface area contributed by atoms with Crippen molar-refractivity contribution in [3.8, 4) is 0 Å². The minimum atomic E-state index is -0.469. The second-order valence-electron chi connectivity index (χ2n) is 2.97. The summed E-state index contributed by atoms with van der Waals surface area (Å²) in [6.45, 7) is 2.03. The van der Waals surface area contributed by atoms with Gasteiger partial charge in [0.05, 0.1) is 22.9 Å². The number of benzene rings is 1. The van der Waals surface area contributed by atoms with Crippen LogP contribution in [0.15, 0.2) is 10.5 Å². The van der Waals surface area contributed by atoms with Gasteiger partial charge < -0.3 is 10.5 Å². The molecule has 0 aliphatic rings. The van der Waals surface area contributed by atoms with Crippen molar-refractivity contribution in [2.75, 3.05) is 12.3 Å². The molecule has 6 heteroatoms. The molecular formula is C10H10Br2ClNO2. The molecule has 0 saturated heterocycles. The van der Waals surface area contributed by atoms with Gasteiger partial charge in [0, 0.05) is 9.80 Å². The second-order valence-corrected chi connectivity index (χ2v) is 4.76. The molecule has 2 N–H and O–H groups in total. The third kappa shape index (κ3) is 2.70. The summed E-state index contributed by atoms with van der Waals surface area (Å²) in [5.74, 6) is -0.469. The van der Waals surface area contributed by atoms with Crippen molar-refractivity contribution in [1.29, 1.82) is 0 Å². The number of alkyl halides is 1. The van der Waals surface area contributed by atoms with Crippen LogP contribution in [0.5, 0.6) is 0 Å². The molecule has 1 aromatic carbocycles. The van der Waals surface area contributed by atoms with E-state index in [2.05, 4.69) is 31.9 Å². The van der Waals surface area contributed by atoms with Gasteiger partial charge in [-0.2, -0.15) is 0 Å². The van der Waals surface area contributed by atoms with E-state index in [9.17, 15) is 4.79 Å². The number of carbonyl (C=O) groups is 1. The number of hydrogen-bond donors (Lipinski definition) is 1. The maximum absolute atomic E-state index is 11.6. The topological polar surface area (TPSA) is 52.3 Å². The van der Waals surface area contributed by atoms with Crippen LogP contribution >= 0.6 is 43.5 Å². The number of esters is 1. The number of nitrogen functional groups attached to an aromatic ring is 1. The van der Waals surface area contributed by atoms with Crippen LogP contribution in [-0.2, 0) is 10.1 Å². The van der Waals surface area contributed by atoms with Gasteiger partial charge in [-0.15, -0.1) is 0 Å². The van der Waals surface area contributed by atoms with Gasteiger partial charge in [-0.05, 0) is 18.6 Å². The van der Waals surface area contributed by atoms with Gasteiger partial charge in [0.1, 0.15) is 0 Å². The van der Waals surface area contributed by atoms with E-state index in [1.807, 2.05) is 0 Å². The first-order valence-electron chi connectivity index (χ1n) is 4.52. The highest BCUT2D eigenvalue weighted by molar-refractivity contribution is 9.10. The molecule has 3 nitrogen and oxygen atoms in total. The molecule has 0 heterocycles. The lowest BCUT2D eigenvalue weighted by Gasteiger charge is -2.11. The minimum absolute atomic E-state index is 0.248. The molecule has 0 aliphatic heterocycles. The average molecular weight is 371 g/mol. The SMILES string of the molecule is CCOC(=O)c1cc(Br)c(CBr)c(Cl)c1N. The summed E-state index contributed by atoms with van der Waals surface area (Å²) < 4.78 is 5.61. The molecule has 0 radical (unpaired) electrons. The van der Waals surface area contributed by atoms with Crippen LogP contribution in [-0.4, -0.2) is 12.6 Å². The predicted molar refractivity (Wildman–Crippen MR) is 72.2 cm³/mol. The predicted octanol–water partition coefficient (Wildman–Crippen LogP) is 3.76. The number of nitrogens with two attached hydrogens (primary N) is 1. The van der Waals surface area contributed by atoms with Crippen LogP contribution in [0.4, 0.5) is 5.69 Å². The molecule has 0 amide bonds. The van der Waals surface area contributed by atoms with Gasteiger partial charge in [-0.25, -0.2) is 4.79 Å². The van der Waals surface area contributed by atoms with Gasteiger partial charge in [-0.3, -0.25) is 0 Å². The Kier molecular flexibility index (Phi) is 5.08. The lowest BCUT2D eigenvalue weighted by atomic mass is 10.1. The van der Waals surface area contributed by atoms with Gasteiger partial charge in [0.2, 0.25) is 0 Å². The maximum Gasteiger partial charge on any atom is 0.340 e. The summed E-state index contributed by atoms with van der Waals surface area (Å²) in [5.41, 5.74) is 7.13. The first-order chi connectivity index (χ1) is 7.52. The number of halogens is 3. The number of hydrogen-bond acceptors (Lipinski definition) is 3. The van der Waals surface area contributed by atoms with Crippen molar-refractivity contribution in [2.24, 2.45) is 0 Å². The Morgan fingerprint density at radius 3 is 2.75 bits per heavy atom. The standard InChI is InChI=1S/C10H10Br2ClNO2/c1-2-16-10(15)5-3-7(12)6(4-11)8(13)9(5)14/h3H,2,4,14H2,1H3. The number of rotatable bonds is 3. The molecule has 0 atom stereocenters. The second kappa shape index (κ2) is 5.89. The normalized spacial score (nSPS) is 10.2. The van der Waals surface area contributed by atoms with E-state index in [1.54, 1.807) is 13.0 Å². The Bertz CT molecular complexity index is 424. The van der Waals surface area contributed by atoms with Crippen molar-refractivity contribution >= 4 is 55.1 Å². The highest BCUT2D eigenvalue weighted by atomic mass is 79.9. The van der Waals surface area contributed by atoms with Crippen molar-refractivity contribution in [1.82, 2.24) is 0 Å². The van der Waals surface area contributed by atoms with Crippen LogP contribution in [0.1, 0.15) is 22.8 Å². The Morgan fingerprint density at radius 1 is 1.62 bits per heavy atom.